The standard InChI is InChI=1S/C6H4IN3S2/c1-3-8-2-4(11-3)5-9-6(7)10-12-5/h2H,1H3. The topological polar surface area (TPSA) is 38.7 Å². The van der Waals surface area contributed by atoms with Gasteiger partial charge in [-0.05, 0) is 18.5 Å². The summed E-state index contributed by atoms with van der Waals surface area (Å²) in [7, 11) is 0. The second-order valence-electron chi connectivity index (χ2n) is 2.11. The van der Waals surface area contributed by atoms with Crippen LogP contribution in [0.15, 0.2) is 6.20 Å². The molecule has 2 rings (SSSR count). The Morgan fingerprint density at radius 1 is 1.50 bits per heavy atom. The van der Waals surface area contributed by atoms with Gasteiger partial charge in [0.05, 0.1) is 9.88 Å². The maximum absolute atomic E-state index is 4.26. The van der Waals surface area contributed by atoms with Crippen molar-refractivity contribution in [2.24, 2.45) is 0 Å². The Kier molecular flexibility index (Phi) is 2.37. The highest BCUT2D eigenvalue weighted by Crippen LogP contribution is 2.27. The predicted octanol–water partition coefficient (Wildman–Crippen LogP) is 2.57. The Morgan fingerprint density at radius 3 is 2.83 bits per heavy atom. The summed E-state index contributed by atoms with van der Waals surface area (Å²) in [6.45, 7) is 1.99. The number of aryl methyl sites for hydroxylation is 1. The number of hydrogen-bond donors (Lipinski definition) is 0. The van der Waals surface area contributed by atoms with Crippen molar-refractivity contribution < 1.29 is 0 Å². The van der Waals surface area contributed by atoms with E-state index in [1.165, 1.54) is 11.5 Å². The summed E-state index contributed by atoms with van der Waals surface area (Å²) in [6.07, 6.45) is 1.84. The number of thiazole rings is 1. The van der Waals surface area contributed by atoms with Crippen LogP contribution in [-0.4, -0.2) is 14.3 Å². The van der Waals surface area contributed by atoms with E-state index < -0.39 is 0 Å². The molecule has 0 bridgehead atoms. The van der Waals surface area contributed by atoms with Gasteiger partial charge in [0.15, 0.2) is 5.01 Å². The van der Waals surface area contributed by atoms with Crippen molar-refractivity contribution in [3.8, 4) is 9.88 Å². The SMILES string of the molecule is Cc1ncc(-c2nc(I)ns2)s1. The molecule has 0 aliphatic heterocycles. The molecule has 0 aliphatic rings. The van der Waals surface area contributed by atoms with Crippen LogP contribution in [-0.2, 0) is 0 Å². The largest absolute Gasteiger partial charge is 0.249 e. The first kappa shape index (κ1) is 8.52. The summed E-state index contributed by atoms with van der Waals surface area (Å²) in [5.74, 6) is 0. The van der Waals surface area contributed by atoms with Crippen LogP contribution in [0.25, 0.3) is 9.88 Å². The van der Waals surface area contributed by atoms with Gasteiger partial charge in [0.25, 0.3) is 0 Å². The molecule has 0 atom stereocenters. The Balaban J connectivity index is 2.43. The molecule has 0 fully saturated rings. The molecular weight excluding hydrogens is 305 g/mol. The van der Waals surface area contributed by atoms with Gasteiger partial charge in [0.2, 0.25) is 3.83 Å². The van der Waals surface area contributed by atoms with Gasteiger partial charge in [-0.25, -0.2) is 9.97 Å². The molecule has 6 heteroatoms. The molecule has 0 aliphatic carbocycles. The summed E-state index contributed by atoms with van der Waals surface area (Å²) < 4.78 is 4.90. The van der Waals surface area contributed by atoms with Crippen molar-refractivity contribution in [2.45, 2.75) is 6.92 Å². The molecule has 2 aromatic heterocycles. The van der Waals surface area contributed by atoms with Gasteiger partial charge in [0.1, 0.15) is 0 Å². The summed E-state index contributed by atoms with van der Waals surface area (Å²) >= 11 is 5.17. The first-order valence-corrected chi connectivity index (χ1v) is 5.84. The van der Waals surface area contributed by atoms with E-state index in [4.69, 9.17) is 0 Å². The zero-order valence-corrected chi connectivity index (χ0v) is 9.90. The minimum absolute atomic E-state index is 0.804. The molecule has 0 spiro atoms. The van der Waals surface area contributed by atoms with E-state index in [0.29, 0.717) is 0 Å². The lowest BCUT2D eigenvalue weighted by atomic mass is 10.6. The zero-order valence-electron chi connectivity index (χ0n) is 6.11. The molecule has 62 valence electrons. The lowest BCUT2D eigenvalue weighted by molar-refractivity contribution is 1.25. The average Bonchev–Trinajstić information content (AvgIpc) is 2.58. The van der Waals surface area contributed by atoms with Gasteiger partial charge in [-0.1, -0.05) is 0 Å². The van der Waals surface area contributed by atoms with Crippen LogP contribution in [0.4, 0.5) is 0 Å². The Labute approximate surface area is 91.2 Å². The summed E-state index contributed by atoms with van der Waals surface area (Å²) in [5.41, 5.74) is 0. The maximum atomic E-state index is 4.26. The van der Waals surface area contributed by atoms with Gasteiger partial charge in [-0.2, -0.15) is 4.37 Å². The van der Waals surface area contributed by atoms with E-state index in [0.717, 1.165) is 18.7 Å². The van der Waals surface area contributed by atoms with E-state index in [2.05, 4.69) is 36.9 Å². The fraction of sp³-hybridized carbons (Fsp3) is 0.167. The van der Waals surface area contributed by atoms with Crippen LogP contribution in [0.5, 0.6) is 0 Å². The number of rotatable bonds is 1. The molecule has 0 amide bonds. The molecule has 0 saturated heterocycles. The van der Waals surface area contributed by atoms with Crippen LogP contribution in [0.2, 0.25) is 0 Å². The van der Waals surface area contributed by atoms with Crippen molar-refractivity contribution in [1.82, 2.24) is 14.3 Å². The monoisotopic (exact) mass is 309 g/mol. The van der Waals surface area contributed by atoms with Gasteiger partial charge >= 0.3 is 0 Å². The van der Waals surface area contributed by atoms with Crippen molar-refractivity contribution >= 4 is 45.5 Å². The second kappa shape index (κ2) is 3.35. The summed E-state index contributed by atoms with van der Waals surface area (Å²) in [5, 5.41) is 2.03. The molecule has 0 N–H and O–H groups in total. The molecule has 2 heterocycles. The predicted molar refractivity (Wildman–Crippen MR) is 58.5 cm³/mol. The van der Waals surface area contributed by atoms with E-state index in [9.17, 15) is 0 Å². The molecule has 0 saturated carbocycles. The smallest absolute Gasteiger partial charge is 0.203 e. The van der Waals surface area contributed by atoms with Gasteiger partial charge < -0.3 is 0 Å². The quantitative estimate of drug-likeness (QED) is 0.760. The van der Waals surface area contributed by atoms with Crippen molar-refractivity contribution in [3.05, 3.63) is 15.0 Å². The molecule has 0 aromatic carbocycles. The molecule has 12 heavy (non-hydrogen) atoms. The van der Waals surface area contributed by atoms with Crippen LogP contribution in [0, 0.1) is 10.8 Å². The molecule has 2 aromatic rings. The fourth-order valence-electron chi connectivity index (χ4n) is 0.766. The number of aromatic nitrogens is 3. The first-order valence-electron chi connectivity index (χ1n) is 3.18. The third kappa shape index (κ3) is 1.64. The molecule has 0 radical (unpaired) electrons. The Bertz CT molecular complexity index is 357. The molecule has 0 unspecified atom stereocenters. The van der Waals surface area contributed by atoms with Crippen LogP contribution in [0.1, 0.15) is 5.01 Å². The normalized spacial score (nSPS) is 10.5. The molecule has 3 nitrogen and oxygen atoms in total. The number of halogens is 1. The molecular formula is C6H4IN3S2. The van der Waals surface area contributed by atoms with Crippen LogP contribution < -0.4 is 0 Å². The van der Waals surface area contributed by atoms with Gasteiger partial charge in [-0.15, -0.1) is 11.3 Å². The summed E-state index contributed by atoms with van der Waals surface area (Å²) in [6, 6.07) is 0. The first-order chi connectivity index (χ1) is 5.75. The zero-order chi connectivity index (χ0) is 8.55. The third-order valence-electron chi connectivity index (χ3n) is 1.23. The van der Waals surface area contributed by atoms with E-state index in [1.54, 1.807) is 11.3 Å². The average molecular weight is 309 g/mol. The second-order valence-corrected chi connectivity index (χ2v) is 5.06. The highest BCUT2D eigenvalue weighted by Gasteiger charge is 2.06. The maximum Gasteiger partial charge on any atom is 0.203 e. The van der Waals surface area contributed by atoms with Gasteiger partial charge in [-0.3, -0.25) is 0 Å². The van der Waals surface area contributed by atoms with Crippen molar-refractivity contribution in [2.75, 3.05) is 0 Å². The van der Waals surface area contributed by atoms with Crippen molar-refractivity contribution in [3.63, 3.8) is 0 Å². The van der Waals surface area contributed by atoms with Crippen molar-refractivity contribution in [1.29, 1.82) is 0 Å². The highest BCUT2D eigenvalue weighted by atomic mass is 127. The third-order valence-corrected chi connectivity index (χ3v) is 3.84. The minimum atomic E-state index is 0.804. The van der Waals surface area contributed by atoms with Gasteiger partial charge in [0, 0.05) is 28.8 Å². The lowest BCUT2D eigenvalue weighted by Gasteiger charge is -1.81. The summed E-state index contributed by atoms with van der Waals surface area (Å²) in [4.78, 5) is 9.52. The number of nitrogens with zero attached hydrogens (tertiary/aromatic N) is 3. The lowest BCUT2D eigenvalue weighted by Crippen LogP contribution is -1.71. The van der Waals surface area contributed by atoms with Crippen LogP contribution in [0.3, 0.4) is 0 Å². The number of hydrogen-bond acceptors (Lipinski definition) is 5. The van der Waals surface area contributed by atoms with E-state index in [-0.39, 0.29) is 0 Å². The minimum Gasteiger partial charge on any atom is -0.249 e. The van der Waals surface area contributed by atoms with E-state index in [1.807, 2.05) is 13.1 Å². The van der Waals surface area contributed by atoms with Crippen LogP contribution >= 0.6 is 45.5 Å². The van der Waals surface area contributed by atoms with E-state index >= 15 is 0 Å². The Morgan fingerprint density at radius 2 is 2.33 bits per heavy atom. The Hall–Kier alpha value is -0.0800. The fourth-order valence-corrected chi connectivity index (χ4v) is 2.84. The highest BCUT2D eigenvalue weighted by molar-refractivity contribution is 14.1.